The molecule has 1 aliphatic heterocycles. The average molecular weight is 825 g/mol. The lowest BCUT2D eigenvalue weighted by molar-refractivity contribution is 0.217. The van der Waals surface area contributed by atoms with E-state index in [-0.39, 0.29) is 10.8 Å². The summed E-state index contributed by atoms with van der Waals surface area (Å²) in [5.74, 6) is 3.27. The third kappa shape index (κ3) is 7.48. The smallest absolute Gasteiger partial charge is 0.122 e. The molecule has 0 spiro atoms. The predicted molar refractivity (Wildman–Crippen MR) is 246 cm³/mol. The third-order valence-corrected chi connectivity index (χ3v) is 13.2. The minimum atomic E-state index is -0.542. The van der Waals surface area contributed by atoms with Crippen LogP contribution in [-0.4, -0.2) is 46.4 Å². The average Bonchev–Trinajstić information content (AvgIpc) is 4.15. The Morgan fingerprint density at radius 2 is 0.532 bits per heavy atom. The van der Waals surface area contributed by atoms with E-state index in [2.05, 4.69) is 159 Å². The van der Waals surface area contributed by atoms with Gasteiger partial charge in [-0.15, -0.1) is 0 Å². The quantitative estimate of drug-likeness (QED) is 0.0922. The van der Waals surface area contributed by atoms with Crippen LogP contribution >= 0.6 is 0 Å². The van der Waals surface area contributed by atoms with Gasteiger partial charge in [0.2, 0.25) is 0 Å². The zero-order chi connectivity index (χ0) is 43.0. The van der Waals surface area contributed by atoms with Crippen LogP contribution in [0.4, 0.5) is 0 Å². The van der Waals surface area contributed by atoms with Crippen LogP contribution in [0.3, 0.4) is 0 Å². The van der Waals surface area contributed by atoms with Gasteiger partial charge in [-0.05, 0) is 150 Å². The Balaban J connectivity index is 1.04. The topological polar surface area (TPSA) is 100 Å². The lowest BCUT2D eigenvalue weighted by Crippen LogP contribution is -2.29. The Kier molecular flexibility index (Phi) is 10.6. The molecule has 0 fully saturated rings. The van der Waals surface area contributed by atoms with Gasteiger partial charge in [0.25, 0.3) is 0 Å². The SMILES string of the molecule is CC1(C)c2ccc([nH]2)C(C)(c2ccc(OCCOc3ccccc3)cc2)c2ccc([nH]2)C(C)(C)c2ccc([nH]2)C(C)(c2ccc(OCCOc3ccccc3)cc2)c2ccc1[nH]2. The van der Waals surface area contributed by atoms with Gasteiger partial charge >= 0.3 is 0 Å². The molecule has 0 unspecified atom stereocenters. The van der Waals surface area contributed by atoms with Crippen molar-refractivity contribution in [2.45, 2.75) is 63.2 Å². The second kappa shape index (κ2) is 16.2. The molecule has 0 amide bonds. The first-order valence-electron chi connectivity index (χ1n) is 21.6. The van der Waals surface area contributed by atoms with Crippen molar-refractivity contribution in [1.29, 1.82) is 0 Å². The summed E-state index contributed by atoms with van der Waals surface area (Å²) in [5, 5.41) is 0. The number of benzene rings is 4. The molecule has 9 rings (SSSR count). The zero-order valence-corrected chi connectivity index (χ0v) is 36.5. The molecule has 0 aliphatic carbocycles. The molecule has 8 nitrogen and oxygen atoms in total. The van der Waals surface area contributed by atoms with Gasteiger partial charge < -0.3 is 38.9 Å². The Hall–Kier alpha value is -6.80. The van der Waals surface area contributed by atoms with E-state index in [9.17, 15) is 0 Å². The van der Waals surface area contributed by atoms with Gasteiger partial charge in [0, 0.05) is 56.4 Å². The number of H-pyrrole nitrogens is 4. The minimum absolute atomic E-state index is 0.377. The molecular formula is C54H56N4O4. The summed E-state index contributed by atoms with van der Waals surface area (Å²) >= 11 is 0. The largest absolute Gasteiger partial charge is 0.490 e. The van der Waals surface area contributed by atoms with Crippen LogP contribution in [0.15, 0.2) is 158 Å². The Bertz CT molecular complexity index is 2440. The molecule has 0 saturated carbocycles. The zero-order valence-electron chi connectivity index (χ0n) is 36.5. The molecule has 0 atom stereocenters. The fourth-order valence-corrected chi connectivity index (χ4v) is 8.85. The van der Waals surface area contributed by atoms with E-state index in [0.717, 1.165) is 79.7 Å². The monoisotopic (exact) mass is 824 g/mol. The molecule has 4 N–H and O–H groups in total. The predicted octanol–water partition coefficient (Wildman–Crippen LogP) is 11.6. The number of ether oxygens (including phenoxy) is 4. The first kappa shape index (κ1) is 40.6. The number of nitrogens with one attached hydrogen (secondary N) is 4. The maximum Gasteiger partial charge on any atom is 0.122 e. The van der Waals surface area contributed by atoms with Gasteiger partial charge in [-0.25, -0.2) is 0 Å². The van der Waals surface area contributed by atoms with Crippen molar-refractivity contribution in [1.82, 2.24) is 19.9 Å². The van der Waals surface area contributed by atoms with Crippen molar-refractivity contribution in [2.75, 3.05) is 26.4 Å². The Morgan fingerprint density at radius 3 is 0.806 bits per heavy atom. The molecule has 0 radical (unpaired) electrons. The number of aromatic nitrogens is 4. The van der Waals surface area contributed by atoms with E-state index in [4.69, 9.17) is 18.9 Å². The van der Waals surface area contributed by atoms with Crippen molar-refractivity contribution in [2.24, 2.45) is 0 Å². The molecule has 5 heterocycles. The number of hydrogen-bond acceptors (Lipinski definition) is 4. The van der Waals surface area contributed by atoms with E-state index < -0.39 is 10.8 Å². The summed E-state index contributed by atoms with van der Waals surface area (Å²) in [6.07, 6.45) is 0. The molecule has 8 heteroatoms. The van der Waals surface area contributed by atoms with Crippen LogP contribution in [0, 0.1) is 0 Å². The van der Waals surface area contributed by atoms with E-state index in [0.29, 0.717) is 26.4 Å². The normalized spacial score (nSPS) is 18.8. The maximum atomic E-state index is 6.12. The van der Waals surface area contributed by atoms with Crippen LogP contribution in [0.25, 0.3) is 0 Å². The van der Waals surface area contributed by atoms with Crippen LogP contribution in [0.2, 0.25) is 0 Å². The number of fused-ring (bicyclic) bond motifs is 8. The lowest BCUT2D eigenvalue weighted by atomic mass is 9.76. The van der Waals surface area contributed by atoms with Crippen molar-refractivity contribution in [3.63, 3.8) is 0 Å². The fourth-order valence-electron chi connectivity index (χ4n) is 8.85. The highest BCUT2D eigenvalue weighted by molar-refractivity contribution is 5.52. The van der Waals surface area contributed by atoms with Gasteiger partial charge in [-0.3, -0.25) is 0 Å². The fraction of sp³-hybridized carbons (Fsp3) is 0.259. The number of para-hydroxylation sites is 2. The number of hydrogen-bond donors (Lipinski definition) is 4. The summed E-state index contributed by atoms with van der Waals surface area (Å²) in [6.45, 7) is 15.5. The Morgan fingerprint density at radius 1 is 0.290 bits per heavy atom. The highest BCUT2D eigenvalue weighted by Crippen LogP contribution is 2.45. The third-order valence-electron chi connectivity index (χ3n) is 13.2. The highest BCUT2D eigenvalue weighted by Gasteiger charge is 2.40. The second-order valence-electron chi connectivity index (χ2n) is 17.7. The molecule has 1 aliphatic rings. The number of aromatic amines is 4. The molecule has 0 saturated heterocycles. The molecule has 8 aromatic rings. The van der Waals surface area contributed by atoms with E-state index in [1.54, 1.807) is 0 Å². The molecule has 4 aromatic heterocycles. The summed E-state index contributed by atoms with van der Waals surface area (Å²) in [7, 11) is 0. The van der Waals surface area contributed by atoms with Gasteiger partial charge in [0.1, 0.15) is 49.4 Å². The van der Waals surface area contributed by atoms with E-state index >= 15 is 0 Å². The summed E-state index contributed by atoms with van der Waals surface area (Å²) in [6, 6.07) is 54.5. The molecular weight excluding hydrogens is 769 g/mol. The summed E-state index contributed by atoms with van der Waals surface area (Å²) in [5.41, 5.74) is 9.29. The molecule has 316 valence electrons. The van der Waals surface area contributed by atoms with E-state index in [1.165, 1.54) is 0 Å². The first-order chi connectivity index (χ1) is 30.0. The maximum absolute atomic E-state index is 6.12. The minimum Gasteiger partial charge on any atom is -0.490 e. The van der Waals surface area contributed by atoms with Gasteiger partial charge in [0.05, 0.1) is 10.8 Å². The van der Waals surface area contributed by atoms with E-state index in [1.807, 2.05) is 60.7 Å². The molecule has 4 aromatic carbocycles. The second-order valence-corrected chi connectivity index (χ2v) is 17.7. The van der Waals surface area contributed by atoms with Gasteiger partial charge in [-0.2, -0.15) is 0 Å². The van der Waals surface area contributed by atoms with Crippen LogP contribution in [0.5, 0.6) is 23.0 Å². The van der Waals surface area contributed by atoms with Crippen LogP contribution < -0.4 is 18.9 Å². The lowest BCUT2D eigenvalue weighted by Gasteiger charge is -2.32. The van der Waals surface area contributed by atoms with Gasteiger partial charge in [0.15, 0.2) is 0 Å². The first-order valence-corrected chi connectivity index (χ1v) is 21.6. The van der Waals surface area contributed by atoms with Crippen molar-refractivity contribution < 1.29 is 18.9 Å². The van der Waals surface area contributed by atoms with Gasteiger partial charge in [-0.1, -0.05) is 60.7 Å². The van der Waals surface area contributed by atoms with Crippen molar-refractivity contribution in [3.8, 4) is 23.0 Å². The molecule has 8 bridgehead atoms. The van der Waals surface area contributed by atoms with Crippen LogP contribution in [0.1, 0.15) is 98.2 Å². The molecule has 62 heavy (non-hydrogen) atoms. The summed E-state index contributed by atoms with van der Waals surface area (Å²) < 4.78 is 24.0. The summed E-state index contributed by atoms with van der Waals surface area (Å²) in [4.78, 5) is 15.8. The van der Waals surface area contributed by atoms with Crippen molar-refractivity contribution in [3.05, 3.63) is 214 Å². The number of rotatable bonds is 12. The Labute approximate surface area is 364 Å². The van der Waals surface area contributed by atoms with Crippen LogP contribution in [-0.2, 0) is 21.7 Å². The van der Waals surface area contributed by atoms with Crippen molar-refractivity contribution >= 4 is 0 Å². The highest BCUT2D eigenvalue weighted by atomic mass is 16.5. The standard InChI is InChI=1S/C54H56N4O4/c1-51(2)43-25-29-47(55-43)53(5,37-17-21-41(22-18-37)61-35-33-59-39-13-9-7-10-14-39)49-31-27-45(57-49)52(3,4)46-28-32-50(58-46)54(6,48-30-26-44(51)56-48)38-19-23-42(24-20-38)62-36-34-60-40-15-11-8-12-16-40/h7-32,55-58H,33-36H2,1-6H3.